The molecule has 0 unspecified atom stereocenters. The summed E-state index contributed by atoms with van der Waals surface area (Å²) in [5, 5.41) is 7.88. The van der Waals surface area contributed by atoms with E-state index < -0.39 is 0 Å². The van der Waals surface area contributed by atoms with Crippen LogP contribution in [-0.2, 0) is 0 Å². The van der Waals surface area contributed by atoms with Gasteiger partial charge in [-0.25, -0.2) is 4.68 Å². The van der Waals surface area contributed by atoms with Crippen LogP contribution in [0.4, 0.5) is 0 Å². The lowest BCUT2D eigenvalue weighted by Crippen LogP contribution is -1.95. The Morgan fingerprint density at radius 3 is 2.86 bits per heavy atom. The van der Waals surface area contributed by atoms with Gasteiger partial charge in [-0.15, -0.1) is 5.10 Å². The highest BCUT2D eigenvalue weighted by atomic mass is 35.5. The average Bonchev–Trinajstić information content (AvgIpc) is 2.70. The minimum Gasteiger partial charge on any atom is -0.298 e. The number of aromatic nitrogens is 3. The van der Waals surface area contributed by atoms with E-state index in [9.17, 15) is 4.79 Å². The number of carbonyl (C=O) groups is 1. The fourth-order valence-corrected chi connectivity index (χ4v) is 1.32. The number of rotatable bonds is 2. The Hall–Kier alpha value is -1.68. The first-order valence-corrected chi connectivity index (χ1v) is 4.30. The quantitative estimate of drug-likeness (QED) is 0.705. The predicted octanol–water partition coefficient (Wildman–Crippen LogP) is 1.73. The van der Waals surface area contributed by atoms with Crippen molar-refractivity contribution >= 4 is 17.9 Å². The van der Waals surface area contributed by atoms with Crippen LogP contribution in [0.3, 0.4) is 0 Å². The van der Waals surface area contributed by atoms with E-state index in [0.29, 0.717) is 16.9 Å². The van der Waals surface area contributed by atoms with Crippen LogP contribution in [0.25, 0.3) is 5.69 Å². The molecular weight excluding hydrogens is 202 g/mol. The van der Waals surface area contributed by atoms with Crippen molar-refractivity contribution in [2.24, 2.45) is 0 Å². The number of aldehydes is 1. The highest BCUT2D eigenvalue weighted by Crippen LogP contribution is 2.17. The number of benzene rings is 1. The molecule has 2 rings (SSSR count). The second kappa shape index (κ2) is 3.59. The molecule has 0 aliphatic rings. The zero-order valence-electron chi connectivity index (χ0n) is 7.09. The van der Waals surface area contributed by atoms with E-state index in [0.717, 1.165) is 5.69 Å². The van der Waals surface area contributed by atoms with Crippen molar-refractivity contribution < 1.29 is 4.79 Å². The highest BCUT2D eigenvalue weighted by Gasteiger charge is 2.02. The molecule has 1 aromatic carbocycles. The van der Waals surface area contributed by atoms with Gasteiger partial charge in [0.05, 0.1) is 23.1 Å². The van der Waals surface area contributed by atoms with Crippen LogP contribution in [0.15, 0.2) is 30.6 Å². The van der Waals surface area contributed by atoms with E-state index in [1.807, 2.05) is 0 Å². The Labute approximate surface area is 85.1 Å². The maximum absolute atomic E-state index is 10.5. The van der Waals surface area contributed by atoms with Crippen LogP contribution in [0, 0.1) is 0 Å². The molecular formula is C9H6ClN3O. The van der Waals surface area contributed by atoms with E-state index in [2.05, 4.69) is 10.3 Å². The molecule has 0 fully saturated rings. The molecule has 4 nitrogen and oxygen atoms in total. The van der Waals surface area contributed by atoms with Gasteiger partial charge in [0.25, 0.3) is 0 Å². The molecule has 0 spiro atoms. The lowest BCUT2D eigenvalue weighted by Gasteiger charge is -2.01. The smallest absolute Gasteiger partial charge is 0.151 e. The highest BCUT2D eigenvalue weighted by molar-refractivity contribution is 6.33. The molecule has 0 radical (unpaired) electrons. The second-order valence-electron chi connectivity index (χ2n) is 2.67. The topological polar surface area (TPSA) is 47.8 Å². The summed E-state index contributed by atoms with van der Waals surface area (Å²) in [6.45, 7) is 0. The number of hydrogen-bond acceptors (Lipinski definition) is 3. The van der Waals surface area contributed by atoms with Crippen molar-refractivity contribution in [2.45, 2.75) is 0 Å². The Kier molecular flexibility index (Phi) is 2.28. The SMILES string of the molecule is O=Cc1ccc(-n2ccnn2)cc1Cl. The van der Waals surface area contributed by atoms with Gasteiger partial charge in [0.15, 0.2) is 6.29 Å². The van der Waals surface area contributed by atoms with E-state index in [-0.39, 0.29) is 0 Å². The molecule has 70 valence electrons. The Bertz CT molecular complexity index is 453. The molecule has 0 saturated heterocycles. The lowest BCUT2D eigenvalue weighted by molar-refractivity contribution is 0.112. The third-order valence-corrected chi connectivity index (χ3v) is 2.13. The molecule has 0 amide bonds. The zero-order chi connectivity index (χ0) is 9.97. The third-order valence-electron chi connectivity index (χ3n) is 1.80. The van der Waals surface area contributed by atoms with Gasteiger partial charge in [-0.05, 0) is 18.2 Å². The first-order chi connectivity index (χ1) is 6.81. The summed E-state index contributed by atoms with van der Waals surface area (Å²) in [5.41, 5.74) is 1.24. The molecule has 1 aromatic heterocycles. The standard InChI is InChI=1S/C9H6ClN3O/c10-9-5-8(2-1-7(9)6-14)13-4-3-11-12-13/h1-6H. The van der Waals surface area contributed by atoms with E-state index >= 15 is 0 Å². The summed E-state index contributed by atoms with van der Waals surface area (Å²) in [4.78, 5) is 10.5. The number of nitrogens with zero attached hydrogens (tertiary/aromatic N) is 3. The molecule has 0 saturated carbocycles. The summed E-state index contributed by atoms with van der Waals surface area (Å²) in [5.74, 6) is 0. The van der Waals surface area contributed by atoms with E-state index in [1.54, 1.807) is 35.3 Å². The summed E-state index contributed by atoms with van der Waals surface area (Å²) in [7, 11) is 0. The average molecular weight is 208 g/mol. The Morgan fingerprint density at radius 2 is 2.29 bits per heavy atom. The second-order valence-corrected chi connectivity index (χ2v) is 3.08. The Balaban J connectivity index is 2.48. The first-order valence-electron chi connectivity index (χ1n) is 3.92. The Morgan fingerprint density at radius 1 is 1.43 bits per heavy atom. The molecule has 2 aromatic rings. The maximum Gasteiger partial charge on any atom is 0.151 e. The van der Waals surface area contributed by atoms with E-state index in [1.165, 1.54) is 0 Å². The van der Waals surface area contributed by atoms with Crippen molar-refractivity contribution in [1.29, 1.82) is 0 Å². The maximum atomic E-state index is 10.5. The molecule has 0 aliphatic carbocycles. The fraction of sp³-hybridized carbons (Fsp3) is 0. The van der Waals surface area contributed by atoms with Gasteiger partial charge >= 0.3 is 0 Å². The van der Waals surface area contributed by atoms with Gasteiger partial charge in [0.1, 0.15) is 0 Å². The van der Waals surface area contributed by atoms with Crippen molar-refractivity contribution in [1.82, 2.24) is 15.0 Å². The van der Waals surface area contributed by atoms with Crippen molar-refractivity contribution in [2.75, 3.05) is 0 Å². The number of halogens is 1. The molecule has 5 heteroatoms. The molecule has 0 aliphatic heterocycles. The van der Waals surface area contributed by atoms with Crippen LogP contribution >= 0.6 is 11.6 Å². The van der Waals surface area contributed by atoms with Crippen LogP contribution in [0.2, 0.25) is 5.02 Å². The fourth-order valence-electron chi connectivity index (χ4n) is 1.10. The van der Waals surface area contributed by atoms with Crippen molar-refractivity contribution in [3.63, 3.8) is 0 Å². The van der Waals surface area contributed by atoms with Gasteiger partial charge in [-0.3, -0.25) is 4.79 Å². The van der Waals surface area contributed by atoms with Crippen LogP contribution < -0.4 is 0 Å². The first kappa shape index (κ1) is 8.90. The minimum atomic E-state index is 0.410. The van der Waals surface area contributed by atoms with Gasteiger partial charge in [0, 0.05) is 5.56 Å². The number of hydrogen-bond donors (Lipinski definition) is 0. The van der Waals surface area contributed by atoms with Gasteiger partial charge in [0.2, 0.25) is 0 Å². The number of carbonyl (C=O) groups excluding carboxylic acids is 1. The van der Waals surface area contributed by atoms with Gasteiger partial charge < -0.3 is 0 Å². The minimum absolute atomic E-state index is 0.410. The van der Waals surface area contributed by atoms with Crippen LogP contribution in [0.5, 0.6) is 0 Å². The molecule has 0 N–H and O–H groups in total. The molecule has 0 atom stereocenters. The lowest BCUT2D eigenvalue weighted by atomic mass is 10.2. The largest absolute Gasteiger partial charge is 0.298 e. The van der Waals surface area contributed by atoms with Crippen LogP contribution in [0.1, 0.15) is 10.4 Å². The van der Waals surface area contributed by atoms with Crippen LogP contribution in [-0.4, -0.2) is 21.3 Å². The summed E-state index contributed by atoms with van der Waals surface area (Å²) in [6, 6.07) is 5.07. The molecule has 0 bridgehead atoms. The molecule has 1 heterocycles. The monoisotopic (exact) mass is 207 g/mol. The summed E-state index contributed by atoms with van der Waals surface area (Å²) < 4.78 is 1.57. The predicted molar refractivity (Wildman–Crippen MR) is 51.8 cm³/mol. The zero-order valence-corrected chi connectivity index (χ0v) is 7.85. The van der Waals surface area contributed by atoms with Crippen molar-refractivity contribution in [3.8, 4) is 5.69 Å². The van der Waals surface area contributed by atoms with E-state index in [4.69, 9.17) is 11.6 Å². The molecule has 14 heavy (non-hydrogen) atoms. The van der Waals surface area contributed by atoms with Crippen molar-refractivity contribution in [3.05, 3.63) is 41.2 Å². The summed E-state index contributed by atoms with van der Waals surface area (Å²) in [6.07, 6.45) is 3.99. The van der Waals surface area contributed by atoms with Gasteiger partial charge in [-0.2, -0.15) is 0 Å². The summed E-state index contributed by atoms with van der Waals surface area (Å²) >= 11 is 5.85. The normalized spacial score (nSPS) is 10.1. The third kappa shape index (κ3) is 1.52. The van der Waals surface area contributed by atoms with Gasteiger partial charge in [-0.1, -0.05) is 16.8 Å².